The average molecular weight is 728 g/mol. The van der Waals surface area contributed by atoms with Gasteiger partial charge in [0.1, 0.15) is 22.2 Å². The number of aromatic nitrogens is 1. The third-order valence-electron chi connectivity index (χ3n) is 8.19. The molecule has 0 spiro atoms. The maximum atomic E-state index is 14.0. The molecule has 1 N–H and O–H groups in total. The monoisotopic (exact) mass is 726 g/mol. The average Bonchev–Trinajstić information content (AvgIpc) is 3.89. The van der Waals surface area contributed by atoms with Gasteiger partial charge in [0.15, 0.2) is 23.9 Å². The number of hydrogen-bond donors (Lipinski definition) is 0. The third kappa shape index (κ3) is 8.55. The highest BCUT2D eigenvalue weighted by Gasteiger charge is 2.40. The Labute approximate surface area is 287 Å². The summed E-state index contributed by atoms with van der Waals surface area (Å²) in [5.74, 6) is -1.00. The molecule has 1 saturated carbocycles. The number of hydrogen-bond acceptors (Lipinski definition) is 7. The number of H-pyrrole nitrogens is 1. The lowest BCUT2D eigenvalue weighted by molar-refractivity contribution is -0.377. The Bertz CT molecular complexity index is 1740. The van der Waals surface area contributed by atoms with E-state index in [0.29, 0.717) is 36.5 Å². The molecule has 2 aromatic carbocycles. The highest BCUT2D eigenvalue weighted by molar-refractivity contribution is 7.89. The van der Waals surface area contributed by atoms with E-state index in [1.807, 2.05) is 0 Å². The molecule has 2 fully saturated rings. The normalized spacial score (nSPS) is 17.5. The van der Waals surface area contributed by atoms with Gasteiger partial charge in [-0.15, -0.1) is 0 Å². The first-order valence-electron chi connectivity index (χ1n) is 15.4. The van der Waals surface area contributed by atoms with Crippen LogP contribution >= 0.6 is 23.2 Å². The Kier molecular flexibility index (Phi) is 11.4. The van der Waals surface area contributed by atoms with Crippen molar-refractivity contribution >= 4 is 45.1 Å². The van der Waals surface area contributed by atoms with Crippen LogP contribution in [0, 0.1) is 5.92 Å². The van der Waals surface area contributed by atoms with Crippen LogP contribution in [0.3, 0.4) is 0 Å². The second-order valence-electron chi connectivity index (χ2n) is 12.0. The van der Waals surface area contributed by atoms with Crippen LogP contribution in [0.15, 0.2) is 59.8 Å². The van der Waals surface area contributed by atoms with Crippen LogP contribution in [0.5, 0.6) is 11.5 Å². The lowest BCUT2D eigenvalue weighted by atomic mass is 10.0. The number of halogens is 4. The minimum absolute atomic E-state index is 0.0244. The zero-order valence-electron chi connectivity index (χ0n) is 26.3. The third-order valence-corrected chi connectivity index (χ3v) is 10.8. The smallest absolute Gasteiger partial charge is 0.387 e. The maximum absolute atomic E-state index is 14.0. The van der Waals surface area contributed by atoms with E-state index >= 15 is 0 Å². The first-order chi connectivity index (χ1) is 22.8. The Morgan fingerprint density at radius 3 is 2.42 bits per heavy atom. The Balaban J connectivity index is 1.47. The van der Waals surface area contributed by atoms with Crippen molar-refractivity contribution in [1.82, 2.24) is 9.21 Å². The number of piperidine rings is 1. The van der Waals surface area contributed by atoms with E-state index in [1.165, 1.54) is 59.8 Å². The highest BCUT2D eigenvalue weighted by Crippen LogP contribution is 2.38. The molecule has 258 valence electrons. The summed E-state index contributed by atoms with van der Waals surface area (Å²) < 4.78 is 72.1. The van der Waals surface area contributed by atoms with E-state index in [0.717, 1.165) is 17.1 Å². The Morgan fingerprint density at radius 2 is 1.75 bits per heavy atom. The minimum Gasteiger partial charge on any atom is -0.489 e. The molecule has 1 amide bonds. The number of rotatable bonds is 13. The number of carbonyl (C=O) groups excluding carboxylic acids is 2. The Morgan fingerprint density at radius 1 is 1.02 bits per heavy atom. The fraction of sp³-hybridized carbons (Fsp3) is 0.424. The number of carbonyl (C=O) groups is 2. The second kappa shape index (κ2) is 15.4. The molecule has 2 atom stereocenters. The summed E-state index contributed by atoms with van der Waals surface area (Å²) in [7, 11) is -1.11. The molecule has 0 bridgehead atoms. The number of alkyl halides is 2. The van der Waals surface area contributed by atoms with Crippen LogP contribution in [0.25, 0.3) is 0 Å². The van der Waals surface area contributed by atoms with E-state index in [9.17, 15) is 26.8 Å². The second-order valence-corrected chi connectivity index (χ2v) is 14.7. The van der Waals surface area contributed by atoms with Crippen molar-refractivity contribution in [2.24, 2.45) is 5.92 Å². The van der Waals surface area contributed by atoms with Gasteiger partial charge in [-0.05, 0) is 73.9 Å². The van der Waals surface area contributed by atoms with E-state index in [2.05, 4.69) is 9.72 Å². The van der Waals surface area contributed by atoms with Crippen LogP contribution in [0.1, 0.15) is 59.7 Å². The summed E-state index contributed by atoms with van der Waals surface area (Å²) in [6.07, 6.45) is 5.12. The first-order valence-corrected chi connectivity index (χ1v) is 17.6. The molecular weight excluding hydrogens is 691 g/mol. The standard InChI is InChI=1S/C33H35Cl2F2N3O7S/c1-39(2)31(41)22-6-5-7-23(14-22)48(43,44)40-13-4-3-8-27(40)32(42)46-29(16-24-25(34)17-38-18-26(24)35)21-11-12-28(47-33(36)37)30(15-21)45-19-20-9-10-20/h5-7,11-12,14-15,17-18,20,27,29,33H,3-4,8-10,13,16,19H2,1-2H3/p+1/t27-,29-/m0/s1. The SMILES string of the molecule is CN(C)C(=O)c1cccc(S(=O)(=O)N2CCCC[C@H]2C(=O)O[C@@H](Cc2c(Cl)c[nH+]cc2Cl)c2ccc(OC(F)F)c(OCC3CC3)c2)c1. The van der Waals surface area contributed by atoms with E-state index < -0.39 is 34.7 Å². The number of esters is 1. The fourth-order valence-electron chi connectivity index (χ4n) is 5.44. The molecule has 1 saturated heterocycles. The number of aromatic amines is 1. The van der Waals surface area contributed by atoms with Gasteiger partial charge in [-0.1, -0.05) is 35.3 Å². The maximum Gasteiger partial charge on any atom is 0.387 e. The van der Waals surface area contributed by atoms with Crippen molar-refractivity contribution in [3.05, 3.63) is 81.6 Å². The van der Waals surface area contributed by atoms with Crippen molar-refractivity contribution in [3.63, 3.8) is 0 Å². The van der Waals surface area contributed by atoms with Gasteiger partial charge >= 0.3 is 12.6 Å². The van der Waals surface area contributed by atoms with Crippen LogP contribution in [-0.4, -0.2) is 69.4 Å². The topological polar surface area (TPSA) is 117 Å². The molecule has 10 nitrogen and oxygen atoms in total. The summed E-state index contributed by atoms with van der Waals surface area (Å²) in [5.41, 5.74) is 1.000. The molecular formula is C33H36Cl2F2N3O7S+. The summed E-state index contributed by atoms with van der Waals surface area (Å²) in [6.45, 7) is -2.73. The molecule has 2 aliphatic rings. The largest absolute Gasteiger partial charge is 0.489 e. The number of nitrogens with zero attached hydrogens (tertiary/aromatic N) is 2. The van der Waals surface area contributed by atoms with E-state index in [-0.39, 0.29) is 57.3 Å². The lowest BCUT2D eigenvalue weighted by Gasteiger charge is -2.34. The summed E-state index contributed by atoms with van der Waals surface area (Å²) in [5, 5.41) is 0.529. The predicted molar refractivity (Wildman–Crippen MR) is 173 cm³/mol. The number of amides is 1. The highest BCUT2D eigenvalue weighted by atomic mass is 35.5. The van der Waals surface area contributed by atoms with Crippen LogP contribution in [0.4, 0.5) is 8.78 Å². The zero-order valence-corrected chi connectivity index (χ0v) is 28.7. The molecule has 5 rings (SSSR count). The molecule has 0 radical (unpaired) electrons. The van der Waals surface area contributed by atoms with Gasteiger partial charge in [-0.25, -0.2) is 13.4 Å². The first kappa shape index (κ1) is 35.8. The number of benzene rings is 2. The lowest BCUT2D eigenvalue weighted by Crippen LogP contribution is -2.48. The quantitative estimate of drug-likeness (QED) is 0.199. The van der Waals surface area contributed by atoms with Gasteiger partial charge in [0.25, 0.3) is 5.91 Å². The number of ether oxygens (including phenoxy) is 3. The van der Waals surface area contributed by atoms with Crippen molar-refractivity contribution < 1.29 is 46.0 Å². The van der Waals surface area contributed by atoms with Gasteiger partial charge in [0.05, 0.1) is 11.5 Å². The van der Waals surface area contributed by atoms with Crippen molar-refractivity contribution in [2.45, 2.75) is 62.2 Å². The molecule has 1 aliphatic heterocycles. The van der Waals surface area contributed by atoms with E-state index in [4.69, 9.17) is 32.7 Å². The van der Waals surface area contributed by atoms with E-state index in [1.54, 1.807) is 14.1 Å². The van der Waals surface area contributed by atoms with Crippen LogP contribution in [0.2, 0.25) is 10.0 Å². The predicted octanol–water partition coefficient (Wildman–Crippen LogP) is 5.97. The molecule has 2 heterocycles. The van der Waals surface area contributed by atoms with Crippen LogP contribution in [-0.2, 0) is 26.0 Å². The summed E-state index contributed by atoms with van der Waals surface area (Å²) in [4.78, 5) is 30.6. The molecule has 48 heavy (non-hydrogen) atoms. The molecule has 1 aliphatic carbocycles. The van der Waals surface area contributed by atoms with Gasteiger partial charge in [0, 0.05) is 38.2 Å². The minimum atomic E-state index is -4.24. The fourth-order valence-corrected chi connectivity index (χ4v) is 7.66. The van der Waals surface area contributed by atoms with Gasteiger partial charge < -0.3 is 19.1 Å². The van der Waals surface area contributed by atoms with Crippen molar-refractivity contribution in [1.29, 1.82) is 0 Å². The summed E-state index contributed by atoms with van der Waals surface area (Å²) in [6, 6.07) is 8.74. The Hall–Kier alpha value is -3.52. The number of sulfonamides is 1. The number of pyridine rings is 1. The van der Waals surface area contributed by atoms with Gasteiger partial charge in [0.2, 0.25) is 10.0 Å². The van der Waals surface area contributed by atoms with Crippen LogP contribution < -0.4 is 14.5 Å². The van der Waals surface area contributed by atoms with Gasteiger partial charge in [-0.2, -0.15) is 13.1 Å². The molecule has 15 heteroatoms. The number of nitrogens with one attached hydrogen (secondary N) is 1. The zero-order chi connectivity index (χ0) is 34.6. The van der Waals surface area contributed by atoms with Gasteiger partial charge in [-0.3, -0.25) is 9.59 Å². The molecule has 3 aromatic rings. The molecule has 1 aromatic heterocycles. The summed E-state index contributed by atoms with van der Waals surface area (Å²) >= 11 is 12.9. The van der Waals surface area contributed by atoms with Crippen molar-refractivity contribution in [2.75, 3.05) is 27.2 Å². The van der Waals surface area contributed by atoms with Crippen molar-refractivity contribution in [3.8, 4) is 11.5 Å². The molecule has 0 unspecified atom stereocenters.